The van der Waals surface area contributed by atoms with E-state index in [-0.39, 0.29) is 18.0 Å². The van der Waals surface area contributed by atoms with Crippen molar-refractivity contribution in [2.45, 2.75) is 18.9 Å². The summed E-state index contributed by atoms with van der Waals surface area (Å²) in [5.41, 5.74) is 2.53. The first kappa shape index (κ1) is 10.3. The minimum atomic E-state index is -0.0269. The van der Waals surface area contributed by atoms with Crippen molar-refractivity contribution in [1.82, 2.24) is 0 Å². The SMILES string of the molecule is CC12C/C1=C/C=C\c1ccccc1O2.Cl. The Bertz CT molecular complexity index is 448. The number of para-hydroxylation sites is 1. The molecule has 1 heterocycles. The van der Waals surface area contributed by atoms with Gasteiger partial charge in [-0.25, -0.2) is 0 Å². The van der Waals surface area contributed by atoms with E-state index in [1.165, 1.54) is 5.57 Å². The molecule has 0 radical (unpaired) electrons. The van der Waals surface area contributed by atoms with Crippen LogP contribution in [-0.4, -0.2) is 5.60 Å². The van der Waals surface area contributed by atoms with Crippen molar-refractivity contribution in [1.29, 1.82) is 0 Å². The lowest BCUT2D eigenvalue weighted by atomic mass is 10.1. The second kappa shape index (κ2) is 3.42. The largest absolute Gasteiger partial charge is 0.482 e. The second-order valence-electron chi connectivity index (χ2n) is 4.10. The van der Waals surface area contributed by atoms with Crippen LogP contribution in [0.25, 0.3) is 6.08 Å². The minimum Gasteiger partial charge on any atom is -0.482 e. The lowest BCUT2D eigenvalue weighted by molar-refractivity contribution is 0.213. The number of allylic oxidation sites excluding steroid dienone is 2. The smallest absolute Gasteiger partial charge is 0.132 e. The molecule has 1 fully saturated rings. The lowest BCUT2D eigenvalue weighted by Crippen LogP contribution is -2.14. The molecule has 0 saturated heterocycles. The van der Waals surface area contributed by atoms with Crippen LogP contribution < -0.4 is 4.74 Å². The van der Waals surface area contributed by atoms with Gasteiger partial charge in [-0.05, 0) is 18.6 Å². The third-order valence-electron chi connectivity index (χ3n) is 2.91. The van der Waals surface area contributed by atoms with Gasteiger partial charge in [-0.2, -0.15) is 0 Å². The van der Waals surface area contributed by atoms with Gasteiger partial charge in [-0.15, -0.1) is 12.4 Å². The summed E-state index contributed by atoms with van der Waals surface area (Å²) in [5.74, 6) is 0.995. The van der Waals surface area contributed by atoms with Crippen LogP contribution in [-0.2, 0) is 0 Å². The first-order valence-electron chi connectivity index (χ1n) is 4.94. The van der Waals surface area contributed by atoms with Gasteiger partial charge in [-0.1, -0.05) is 36.4 Å². The molecule has 1 aromatic carbocycles. The van der Waals surface area contributed by atoms with Crippen LogP contribution in [0, 0.1) is 0 Å². The predicted octanol–water partition coefficient (Wildman–Crippen LogP) is 3.60. The Kier molecular flexibility index (Phi) is 2.35. The highest BCUT2D eigenvalue weighted by Gasteiger charge is 2.47. The van der Waals surface area contributed by atoms with Crippen LogP contribution >= 0.6 is 12.4 Å². The van der Waals surface area contributed by atoms with Crippen molar-refractivity contribution >= 4 is 18.5 Å². The highest BCUT2D eigenvalue weighted by molar-refractivity contribution is 5.85. The molecule has 3 rings (SSSR count). The maximum atomic E-state index is 5.98. The summed E-state index contributed by atoms with van der Waals surface area (Å²) in [5, 5.41) is 0. The van der Waals surface area contributed by atoms with E-state index < -0.39 is 0 Å². The van der Waals surface area contributed by atoms with E-state index in [0.29, 0.717) is 0 Å². The van der Waals surface area contributed by atoms with Gasteiger partial charge in [0.2, 0.25) is 0 Å². The summed E-state index contributed by atoms with van der Waals surface area (Å²) in [6, 6.07) is 8.17. The molecular formula is C13H13ClO. The Balaban J connectivity index is 0.000000853. The molecule has 0 amide bonds. The van der Waals surface area contributed by atoms with Gasteiger partial charge in [0.05, 0.1) is 0 Å². The molecule has 0 bridgehead atoms. The zero-order valence-corrected chi connectivity index (χ0v) is 9.38. The number of halogens is 1. The maximum Gasteiger partial charge on any atom is 0.132 e. The van der Waals surface area contributed by atoms with E-state index in [1.54, 1.807) is 0 Å². The summed E-state index contributed by atoms with van der Waals surface area (Å²) in [6.07, 6.45) is 7.43. The molecule has 1 unspecified atom stereocenters. The van der Waals surface area contributed by atoms with Crippen molar-refractivity contribution < 1.29 is 4.74 Å². The molecule has 15 heavy (non-hydrogen) atoms. The summed E-state index contributed by atoms with van der Waals surface area (Å²) in [7, 11) is 0. The van der Waals surface area contributed by atoms with Crippen LogP contribution in [0.15, 0.2) is 42.0 Å². The Morgan fingerprint density at radius 3 is 2.93 bits per heavy atom. The van der Waals surface area contributed by atoms with Gasteiger partial charge < -0.3 is 4.74 Å². The first-order valence-corrected chi connectivity index (χ1v) is 4.94. The van der Waals surface area contributed by atoms with Crippen molar-refractivity contribution in [2.24, 2.45) is 0 Å². The fourth-order valence-corrected chi connectivity index (χ4v) is 1.88. The van der Waals surface area contributed by atoms with Crippen molar-refractivity contribution in [3.63, 3.8) is 0 Å². The molecule has 0 spiro atoms. The molecule has 0 N–H and O–H groups in total. The van der Waals surface area contributed by atoms with E-state index in [2.05, 4.69) is 31.2 Å². The van der Waals surface area contributed by atoms with Gasteiger partial charge in [-0.3, -0.25) is 0 Å². The Morgan fingerprint density at radius 2 is 2.07 bits per heavy atom. The van der Waals surface area contributed by atoms with E-state index in [0.717, 1.165) is 17.7 Å². The number of hydrogen-bond donors (Lipinski definition) is 0. The Hall–Kier alpha value is -1.21. The van der Waals surface area contributed by atoms with Crippen LogP contribution in [0.5, 0.6) is 5.75 Å². The van der Waals surface area contributed by atoms with Crippen molar-refractivity contribution in [3.05, 3.63) is 47.6 Å². The average Bonchev–Trinajstić information content (AvgIpc) is 2.77. The standard InChI is InChI=1S/C13H12O.ClH/c1-13-9-11(13)7-4-6-10-5-2-3-8-12(10)14-13;/h2-8H,9H2,1H3;1H/b6-4-,11-7-;. The fraction of sp³-hybridized carbons (Fsp3) is 0.231. The molecule has 1 atom stereocenters. The van der Waals surface area contributed by atoms with E-state index >= 15 is 0 Å². The third-order valence-corrected chi connectivity index (χ3v) is 2.91. The van der Waals surface area contributed by atoms with Gasteiger partial charge in [0.15, 0.2) is 0 Å². The average molecular weight is 221 g/mol. The van der Waals surface area contributed by atoms with Gasteiger partial charge in [0.25, 0.3) is 0 Å². The molecule has 2 heteroatoms. The van der Waals surface area contributed by atoms with Gasteiger partial charge in [0, 0.05) is 12.0 Å². The predicted molar refractivity (Wildman–Crippen MR) is 64.5 cm³/mol. The highest BCUT2D eigenvalue weighted by Crippen LogP contribution is 2.47. The highest BCUT2D eigenvalue weighted by atomic mass is 35.5. The molecule has 1 aliphatic heterocycles. The van der Waals surface area contributed by atoms with Crippen molar-refractivity contribution in [2.75, 3.05) is 0 Å². The van der Waals surface area contributed by atoms with Crippen molar-refractivity contribution in [3.8, 4) is 5.75 Å². The van der Waals surface area contributed by atoms with Crippen LogP contribution in [0.2, 0.25) is 0 Å². The number of ether oxygens (including phenoxy) is 1. The number of benzene rings is 1. The van der Waals surface area contributed by atoms with E-state index in [1.807, 2.05) is 18.2 Å². The maximum absolute atomic E-state index is 5.98. The molecule has 1 saturated carbocycles. The van der Waals surface area contributed by atoms with Crippen LogP contribution in [0.4, 0.5) is 0 Å². The molecule has 0 aromatic heterocycles. The fourth-order valence-electron chi connectivity index (χ4n) is 1.88. The number of fused-ring (bicyclic) bond motifs is 2. The Labute approximate surface area is 95.9 Å². The Morgan fingerprint density at radius 1 is 1.27 bits per heavy atom. The molecule has 2 aliphatic rings. The first-order chi connectivity index (χ1) is 6.78. The van der Waals surface area contributed by atoms with E-state index in [9.17, 15) is 0 Å². The second-order valence-corrected chi connectivity index (χ2v) is 4.10. The summed E-state index contributed by atoms with van der Waals surface area (Å²) >= 11 is 0. The topological polar surface area (TPSA) is 9.23 Å². The minimum absolute atomic E-state index is 0. The quantitative estimate of drug-likeness (QED) is 0.649. The summed E-state index contributed by atoms with van der Waals surface area (Å²) in [4.78, 5) is 0. The normalized spacial score (nSPS) is 31.4. The zero-order valence-electron chi connectivity index (χ0n) is 8.57. The third kappa shape index (κ3) is 1.68. The molecule has 1 aromatic rings. The molecule has 1 aliphatic carbocycles. The number of hydrogen-bond acceptors (Lipinski definition) is 1. The van der Waals surface area contributed by atoms with Crippen LogP contribution in [0.1, 0.15) is 18.9 Å². The number of rotatable bonds is 0. The zero-order chi connectivity index (χ0) is 9.60. The molecule has 1 nitrogen and oxygen atoms in total. The van der Waals surface area contributed by atoms with Gasteiger partial charge in [0.1, 0.15) is 11.4 Å². The molecule has 78 valence electrons. The van der Waals surface area contributed by atoms with E-state index in [4.69, 9.17) is 4.74 Å². The summed E-state index contributed by atoms with van der Waals surface area (Å²) in [6.45, 7) is 2.15. The molecular weight excluding hydrogens is 208 g/mol. The lowest BCUT2D eigenvalue weighted by Gasteiger charge is -2.15. The van der Waals surface area contributed by atoms with Gasteiger partial charge >= 0.3 is 0 Å². The summed E-state index contributed by atoms with van der Waals surface area (Å²) < 4.78 is 5.98. The monoisotopic (exact) mass is 220 g/mol. The van der Waals surface area contributed by atoms with Crippen LogP contribution in [0.3, 0.4) is 0 Å².